The minimum absolute atomic E-state index is 0.00813. The molecule has 0 aliphatic carbocycles. The van der Waals surface area contributed by atoms with Gasteiger partial charge >= 0.3 is 6.36 Å². The maximum absolute atomic E-state index is 12.2. The molecule has 3 aromatic rings. The van der Waals surface area contributed by atoms with Gasteiger partial charge < -0.3 is 24.9 Å². The van der Waals surface area contributed by atoms with Crippen LogP contribution in [0.5, 0.6) is 11.5 Å². The van der Waals surface area contributed by atoms with Gasteiger partial charge in [-0.3, -0.25) is 9.59 Å². The fourth-order valence-electron chi connectivity index (χ4n) is 2.96. The SMILES string of the molecule is Cc1ccc(CCc2oc(CNC(=O)COc3ccc(OC(F)(F)F)cc3)nc2C(N)=O)cc1. The van der Waals surface area contributed by atoms with Crippen molar-refractivity contribution in [1.29, 1.82) is 0 Å². The van der Waals surface area contributed by atoms with Gasteiger partial charge in [0, 0.05) is 6.42 Å². The summed E-state index contributed by atoms with van der Waals surface area (Å²) in [5.74, 6) is -1.06. The average Bonchev–Trinajstić information content (AvgIpc) is 3.19. The minimum atomic E-state index is -4.79. The van der Waals surface area contributed by atoms with Crippen molar-refractivity contribution in [3.63, 3.8) is 0 Å². The Labute approximate surface area is 192 Å². The summed E-state index contributed by atoms with van der Waals surface area (Å²) < 4.78 is 51.1. The number of nitrogens with one attached hydrogen (secondary N) is 1. The lowest BCUT2D eigenvalue weighted by Gasteiger charge is -2.10. The summed E-state index contributed by atoms with van der Waals surface area (Å²) in [6, 6.07) is 12.5. The van der Waals surface area contributed by atoms with E-state index < -0.39 is 30.5 Å². The second-order valence-electron chi connectivity index (χ2n) is 7.31. The average molecular weight is 477 g/mol. The van der Waals surface area contributed by atoms with Crippen LogP contribution in [0.3, 0.4) is 0 Å². The van der Waals surface area contributed by atoms with Crippen LogP contribution >= 0.6 is 0 Å². The predicted molar refractivity (Wildman–Crippen MR) is 114 cm³/mol. The number of benzene rings is 2. The number of aryl methyl sites for hydroxylation is 3. The first-order valence-corrected chi connectivity index (χ1v) is 10.2. The van der Waals surface area contributed by atoms with Crippen LogP contribution in [0.25, 0.3) is 0 Å². The van der Waals surface area contributed by atoms with Crippen LogP contribution in [0.4, 0.5) is 13.2 Å². The van der Waals surface area contributed by atoms with Crippen LogP contribution in [-0.4, -0.2) is 29.8 Å². The van der Waals surface area contributed by atoms with Crippen molar-refractivity contribution in [2.75, 3.05) is 6.61 Å². The first-order chi connectivity index (χ1) is 16.1. The Bertz CT molecular complexity index is 1130. The van der Waals surface area contributed by atoms with Crippen LogP contribution in [0, 0.1) is 6.92 Å². The van der Waals surface area contributed by atoms with Crippen LogP contribution in [0.1, 0.15) is 33.3 Å². The fourth-order valence-corrected chi connectivity index (χ4v) is 2.96. The fraction of sp³-hybridized carbons (Fsp3) is 0.261. The number of carbonyl (C=O) groups is 2. The van der Waals surface area contributed by atoms with E-state index in [1.54, 1.807) is 0 Å². The van der Waals surface area contributed by atoms with E-state index >= 15 is 0 Å². The van der Waals surface area contributed by atoms with E-state index in [-0.39, 0.29) is 23.9 Å². The zero-order valence-corrected chi connectivity index (χ0v) is 18.1. The Hall–Kier alpha value is -4.02. The van der Waals surface area contributed by atoms with Gasteiger partial charge in [-0.05, 0) is 43.2 Å². The van der Waals surface area contributed by atoms with Crippen LogP contribution < -0.4 is 20.5 Å². The molecule has 34 heavy (non-hydrogen) atoms. The summed E-state index contributed by atoms with van der Waals surface area (Å²) in [7, 11) is 0. The van der Waals surface area contributed by atoms with Gasteiger partial charge in [0.15, 0.2) is 12.3 Å². The van der Waals surface area contributed by atoms with Gasteiger partial charge in [-0.25, -0.2) is 4.98 Å². The zero-order chi connectivity index (χ0) is 24.7. The molecule has 180 valence electrons. The monoisotopic (exact) mass is 477 g/mol. The normalized spacial score (nSPS) is 11.2. The minimum Gasteiger partial charge on any atom is -0.484 e. The van der Waals surface area contributed by atoms with Crippen LogP contribution in [0.15, 0.2) is 52.9 Å². The van der Waals surface area contributed by atoms with E-state index in [1.807, 2.05) is 31.2 Å². The topological polar surface area (TPSA) is 117 Å². The lowest BCUT2D eigenvalue weighted by atomic mass is 10.1. The van der Waals surface area contributed by atoms with Gasteiger partial charge in [-0.2, -0.15) is 0 Å². The number of hydrogen-bond donors (Lipinski definition) is 2. The second-order valence-corrected chi connectivity index (χ2v) is 7.31. The van der Waals surface area contributed by atoms with Crippen molar-refractivity contribution in [2.24, 2.45) is 5.73 Å². The molecule has 11 heteroatoms. The molecule has 3 rings (SSSR count). The number of halogens is 3. The molecule has 0 unspecified atom stereocenters. The molecular weight excluding hydrogens is 455 g/mol. The van der Waals surface area contributed by atoms with Crippen LogP contribution in [0.2, 0.25) is 0 Å². The highest BCUT2D eigenvalue weighted by atomic mass is 19.4. The van der Waals surface area contributed by atoms with E-state index in [9.17, 15) is 22.8 Å². The van der Waals surface area contributed by atoms with Crippen molar-refractivity contribution in [1.82, 2.24) is 10.3 Å². The molecule has 0 aliphatic rings. The maximum atomic E-state index is 12.2. The Balaban J connectivity index is 1.50. The number of hydrogen-bond acceptors (Lipinski definition) is 6. The van der Waals surface area contributed by atoms with Gasteiger partial charge in [0.25, 0.3) is 11.8 Å². The molecule has 0 fully saturated rings. The molecule has 2 amide bonds. The third kappa shape index (κ3) is 7.54. The summed E-state index contributed by atoms with van der Waals surface area (Å²) in [6.45, 7) is 1.48. The highest BCUT2D eigenvalue weighted by Crippen LogP contribution is 2.24. The number of rotatable bonds is 10. The maximum Gasteiger partial charge on any atom is 0.573 e. The molecule has 1 aromatic heterocycles. The lowest BCUT2D eigenvalue weighted by Crippen LogP contribution is -2.28. The molecule has 0 aliphatic heterocycles. The highest BCUT2D eigenvalue weighted by Gasteiger charge is 2.31. The van der Waals surface area contributed by atoms with Crippen molar-refractivity contribution in [3.8, 4) is 11.5 Å². The summed E-state index contributed by atoms with van der Waals surface area (Å²) >= 11 is 0. The molecule has 0 saturated heterocycles. The second kappa shape index (κ2) is 10.7. The van der Waals surface area contributed by atoms with Crippen molar-refractivity contribution in [2.45, 2.75) is 32.7 Å². The quantitative estimate of drug-likeness (QED) is 0.462. The summed E-state index contributed by atoms with van der Waals surface area (Å²) in [6.07, 6.45) is -3.78. The number of oxazole rings is 1. The van der Waals surface area contributed by atoms with Crippen molar-refractivity contribution < 1.29 is 36.7 Å². The predicted octanol–water partition coefficient (Wildman–Crippen LogP) is 3.46. The Morgan fingerprint density at radius 3 is 2.29 bits per heavy atom. The molecule has 1 heterocycles. The van der Waals surface area contributed by atoms with Gasteiger partial charge in [0.1, 0.15) is 17.3 Å². The van der Waals surface area contributed by atoms with Crippen molar-refractivity contribution >= 4 is 11.8 Å². The third-order valence-electron chi connectivity index (χ3n) is 4.60. The molecule has 8 nitrogen and oxygen atoms in total. The Morgan fingerprint density at radius 2 is 1.68 bits per heavy atom. The number of nitrogens with zero attached hydrogens (tertiary/aromatic N) is 1. The van der Waals surface area contributed by atoms with E-state index in [1.165, 1.54) is 12.1 Å². The number of amides is 2. The molecule has 2 aromatic carbocycles. The molecular formula is C23H22F3N3O5. The number of nitrogens with two attached hydrogens (primary N) is 1. The molecule has 0 spiro atoms. The number of aromatic nitrogens is 1. The lowest BCUT2D eigenvalue weighted by molar-refractivity contribution is -0.274. The van der Waals surface area contributed by atoms with Gasteiger partial charge in [0.2, 0.25) is 5.89 Å². The van der Waals surface area contributed by atoms with Gasteiger partial charge in [-0.15, -0.1) is 13.2 Å². The zero-order valence-electron chi connectivity index (χ0n) is 18.1. The molecule has 0 bridgehead atoms. The first kappa shape index (κ1) is 24.6. The van der Waals surface area contributed by atoms with E-state index in [0.717, 1.165) is 23.3 Å². The Kier molecular flexibility index (Phi) is 7.77. The standard InChI is InChI=1S/C23H22F3N3O5/c1-14-2-4-15(5-3-14)6-11-18-21(22(27)31)29-20(33-18)12-28-19(30)13-32-16-7-9-17(10-8-16)34-23(24,25)26/h2-5,7-10H,6,11-13H2,1H3,(H2,27,31)(H,28,30). The van der Waals surface area contributed by atoms with E-state index in [2.05, 4.69) is 15.0 Å². The summed E-state index contributed by atoms with van der Waals surface area (Å²) in [5.41, 5.74) is 7.59. The molecule has 3 N–H and O–H groups in total. The largest absolute Gasteiger partial charge is 0.573 e. The number of primary amides is 1. The summed E-state index contributed by atoms with van der Waals surface area (Å²) in [4.78, 5) is 27.8. The molecule has 0 atom stereocenters. The van der Waals surface area contributed by atoms with E-state index in [0.29, 0.717) is 18.6 Å². The smallest absolute Gasteiger partial charge is 0.484 e. The van der Waals surface area contributed by atoms with Gasteiger partial charge in [0.05, 0.1) is 6.54 Å². The van der Waals surface area contributed by atoms with Crippen LogP contribution in [-0.2, 0) is 24.2 Å². The van der Waals surface area contributed by atoms with E-state index in [4.69, 9.17) is 14.9 Å². The van der Waals surface area contributed by atoms with Gasteiger partial charge in [-0.1, -0.05) is 29.8 Å². The molecule has 0 saturated carbocycles. The van der Waals surface area contributed by atoms with Crippen molar-refractivity contribution in [3.05, 3.63) is 77.0 Å². The Morgan fingerprint density at radius 1 is 1.03 bits per heavy atom. The highest BCUT2D eigenvalue weighted by molar-refractivity contribution is 5.91. The summed E-state index contributed by atoms with van der Waals surface area (Å²) in [5, 5.41) is 2.53. The number of ether oxygens (including phenoxy) is 2. The number of carbonyl (C=O) groups excluding carboxylic acids is 2. The first-order valence-electron chi connectivity index (χ1n) is 10.2. The molecule has 0 radical (unpaired) electrons. The number of alkyl halides is 3. The third-order valence-corrected chi connectivity index (χ3v) is 4.60.